The summed E-state index contributed by atoms with van der Waals surface area (Å²) < 4.78 is 6.65. The maximum Gasteiger partial charge on any atom is 0.147 e. The number of aryl methyl sites for hydroxylation is 1. The van der Waals surface area contributed by atoms with Crippen LogP contribution in [0.15, 0.2) is 41.1 Å². The quantitative estimate of drug-likeness (QED) is 0.808. The largest absolute Gasteiger partial charge is 0.455 e. The average molecular weight is 299 g/mol. The second-order valence-corrected chi connectivity index (χ2v) is 4.64. The molecule has 0 aliphatic rings. The number of hydrogen-bond acceptors (Lipinski definition) is 2. The van der Waals surface area contributed by atoms with Gasteiger partial charge in [0.05, 0.1) is 5.02 Å². The molecule has 0 unspecified atom stereocenters. The Morgan fingerprint density at radius 1 is 1.25 bits per heavy atom. The van der Waals surface area contributed by atoms with E-state index >= 15 is 0 Å². The number of rotatable bonds is 2. The molecule has 0 N–H and O–H groups in total. The number of pyridine rings is 1. The van der Waals surface area contributed by atoms with Gasteiger partial charge in [0.25, 0.3) is 0 Å². The molecule has 2 nitrogen and oxygen atoms in total. The normalized spacial score (nSPS) is 10.2. The Hall–Kier alpha value is -1.06. The Bertz CT molecular complexity index is 516. The lowest BCUT2D eigenvalue weighted by atomic mass is 10.3. The highest BCUT2D eigenvalue weighted by atomic mass is 79.9. The molecule has 0 radical (unpaired) electrons. The van der Waals surface area contributed by atoms with Gasteiger partial charge in [-0.25, -0.2) is 0 Å². The fourth-order valence-corrected chi connectivity index (χ4v) is 1.75. The highest BCUT2D eigenvalue weighted by Crippen LogP contribution is 2.32. The Morgan fingerprint density at radius 3 is 2.81 bits per heavy atom. The van der Waals surface area contributed by atoms with Crippen molar-refractivity contribution in [2.75, 3.05) is 0 Å². The number of benzene rings is 1. The minimum Gasteiger partial charge on any atom is -0.455 e. The summed E-state index contributed by atoms with van der Waals surface area (Å²) in [4.78, 5) is 4.00. The SMILES string of the molecule is Cc1cnccc1Oc1cc(Br)ccc1Cl. The first-order valence-electron chi connectivity index (χ1n) is 4.70. The van der Waals surface area contributed by atoms with Crippen LogP contribution in [0.4, 0.5) is 0 Å². The summed E-state index contributed by atoms with van der Waals surface area (Å²) in [5.41, 5.74) is 0.971. The molecule has 0 atom stereocenters. The van der Waals surface area contributed by atoms with Crippen molar-refractivity contribution >= 4 is 27.5 Å². The monoisotopic (exact) mass is 297 g/mol. The van der Waals surface area contributed by atoms with E-state index < -0.39 is 0 Å². The molecule has 0 spiro atoms. The first kappa shape index (κ1) is 11.4. The van der Waals surface area contributed by atoms with Crippen molar-refractivity contribution < 1.29 is 4.74 Å². The van der Waals surface area contributed by atoms with Crippen LogP contribution in [0.3, 0.4) is 0 Å². The van der Waals surface area contributed by atoms with Crippen molar-refractivity contribution in [1.29, 1.82) is 0 Å². The number of aromatic nitrogens is 1. The fraction of sp³-hybridized carbons (Fsp3) is 0.0833. The summed E-state index contributed by atoms with van der Waals surface area (Å²) in [7, 11) is 0. The Balaban J connectivity index is 2.34. The van der Waals surface area contributed by atoms with E-state index in [2.05, 4.69) is 20.9 Å². The van der Waals surface area contributed by atoms with Crippen LogP contribution >= 0.6 is 27.5 Å². The topological polar surface area (TPSA) is 22.1 Å². The van der Waals surface area contributed by atoms with Crippen molar-refractivity contribution in [2.45, 2.75) is 6.92 Å². The lowest BCUT2D eigenvalue weighted by molar-refractivity contribution is 0.478. The third kappa shape index (κ3) is 2.54. The number of halogens is 2. The highest BCUT2D eigenvalue weighted by Gasteiger charge is 2.05. The zero-order valence-corrected chi connectivity index (χ0v) is 10.9. The minimum absolute atomic E-state index is 0.583. The summed E-state index contributed by atoms with van der Waals surface area (Å²) in [5.74, 6) is 1.39. The maximum absolute atomic E-state index is 6.04. The van der Waals surface area contributed by atoms with Gasteiger partial charge in [-0.1, -0.05) is 27.5 Å². The third-order valence-electron chi connectivity index (χ3n) is 2.08. The molecule has 16 heavy (non-hydrogen) atoms. The Labute approximate surface area is 107 Å². The van der Waals surface area contributed by atoms with Gasteiger partial charge in [-0.2, -0.15) is 0 Å². The number of ether oxygens (including phenoxy) is 1. The van der Waals surface area contributed by atoms with Crippen LogP contribution < -0.4 is 4.74 Å². The van der Waals surface area contributed by atoms with Gasteiger partial charge in [-0.05, 0) is 31.2 Å². The Kier molecular flexibility index (Phi) is 3.46. The zero-order valence-electron chi connectivity index (χ0n) is 8.58. The van der Waals surface area contributed by atoms with Crippen LogP contribution in [0.2, 0.25) is 5.02 Å². The molecule has 82 valence electrons. The van der Waals surface area contributed by atoms with Crippen molar-refractivity contribution in [3.8, 4) is 11.5 Å². The zero-order chi connectivity index (χ0) is 11.5. The van der Waals surface area contributed by atoms with E-state index in [4.69, 9.17) is 16.3 Å². The van der Waals surface area contributed by atoms with Crippen LogP contribution in [0, 0.1) is 6.92 Å². The van der Waals surface area contributed by atoms with Gasteiger partial charge in [0, 0.05) is 22.4 Å². The molecule has 0 aliphatic heterocycles. The van der Waals surface area contributed by atoms with Crippen molar-refractivity contribution in [3.63, 3.8) is 0 Å². The van der Waals surface area contributed by atoms with Crippen LogP contribution in [-0.2, 0) is 0 Å². The molecule has 2 rings (SSSR count). The molecule has 0 saturated carbocycles. The highest BCUT2D eigenvalue weighted by molar-refractivity contribution is 9.10. The van der Waals surface area contributed by atoms with Crippen molar-refractivity contribution in [2.24, 2.45) is 0 Å². The van der Waals surface area contributed by atoms with Crippen molar-refractivity contribution in [1.82, 2.24) is 4.98 Å². The van der Waals surface area contributed by atoms with E-state index in [0.29, 0.717) is 10.8 Å². The van der Waals surface area contributed by atoms with Crippen LogP contribution in [-0.4, -0.2) is 4.98 Å². The molecule has 1 aromatic heterocycles. The van der Waals surface area contributed by atoms with E-state index in [1.54, 1.807) is 18.5 Å². The minimum atomic E-state index is 0.583. The lowest BCUT2D eigenvalue weighted by Crippen LogP contribution is -1.89. The summed E-state index contributed by atoms with van der Waals surface area (Å²) in [6, 6.07) is 7.31. The molecule has 0 aliphatic carbocycles. The van der Waals surface area contributed by atoms with Gasteiger partial charge in [-0.15, -0.1) is 0 Å². The van der Waals surface area contributed by atoms with Gasteiger partial charge in [-0.3, -0.25) is 4.98 Å². The lowest BCUT2D eigenvalue weighted by Gasteiger charge is -2.09. The van der Waals surface area contributed by atoms with E-state index in [-0.39, 0.29) is 0 Å². The van der Waals surface area contributed by atoms with Crippen molar-refractivity contribution in [3.05, 3.63) is 51.7 Å². The van der Waals surface area contributed by atoms with E-state index in [9.17, 15) is 0 Å². The van der Waals surface area contributed by atoms with Gasteiger partial charge < -0.3 is 4.74 Å². The second-order valence-electron chi connectivity index (χ2n) is 3.32. The molecule has 0 fully saturated rings. The standard InChI is InChI=1S/C12H9BrClNO/c1-8-7-15-5-4-11(8)16-12-6-9(13)2-3-10(12)14/h2-7H,1H3. The summed E-state index contributed by atoms with van der Waals surface area (Å²) in [6.45, 7) is 1.94. The van der Waals surface area contributed by atoms with E-state index in [1.165, 1.54) is 0 Å². The molecule has 0 amide bonds. The molecular weight excluding hydrogens is 289 g/mol. The molecule has 1 heterocycles. The Morgan fingerprint density at radius 2 is 2.06 bits per heavy atom. The maximum atomic E-state index is 6.04. The second kappa shape index (κ2) is 4.85. The fourth-order valence-electron chi connectivity index (χ4n) is 1.25. The summed E-state index contributed by atoms with van der Waals surface area (Å²) in [6.07, 6.45) is 3.44. The predicted molar refractivity (Wildman–Crippen MR) is 68.2 cm³/mol. The van der Waals surface area contributed by atoms with E-state index in [0.717, 1.165) is 15.8 Å². The molecule has 2 aromatic rings. The first-order chi connectivity index (χ1) is 7.66. The summed E-state index contributed by atoms with van der Waals surface area (Å²) >= 11 is 9.41. The first-order valence-corrected chi connectivity index (χ1v) is 5.87. The smallest absolute Gasteiger partial charge is 0.147 e. The van der Waals surface area contributed by atoms with Crippen LogP contribution in [0.5, 0.6) is 11.5 Å². The average Bonchev–Trinajstić information content (AvgIpc) is 2.27. The molecule has 1 aromatic carbocycles. The van der Waals surface area contributed by atoms with Gasteiger partial charge in [0.1, 0.15) is 11.5 Å². The number of nitrogens with zero attached hydrogens (tertiary/aromatic N) is 1. The van der Waals surface area contributed by atoms with Gasteiger partial charge in [0.15, 0.2) is 0 Å². The number of hydrogen-bond donors (Lipinski definition) is 0. The molecule has 0 bridgehead atoms. The van der Waals surface area contributed by atoms with E-state index in [1.807, 2.05) is 25.1 Å². The van der Waals surface area contributed by atoms with Crippen LogP contribution in [0.25, 0.3) is 0 Å². The summed E-state index contributed by atoms with van der Waals surface area (Å²) in [5, 5.41) is 0.583. The van der Waals surface area contributed by atoms with Gasteiger partial charge in [0.2, 0.25) is 0 Å². The van der Waals surface area contributed by atoms with Gasteiger partial charge >= 0.3 is 0 Å². The third-order valence-corrected chi connectivity index (χ3v) is 2.89. The predicted octanol–water partition coefficient (Wildman–Crippen LogP) is 4.60. The molecule has 4 heteroatoms. The molecule has 0 saturated heterocycles. The van der Waals surface area contributed by atoms with Crippen LogP contribution in [0.1, 0.15) is 5.56 Å². The molecular formula is C12H9BrClNO.